The fourth-order valence-corrected chi connectivity index (χ4v) is 3.62. The van der Waals surface area contributed by atoms with E-state index in [2.05, 4.69) is 0 Å². The molecular formula is C26H30O8. The van der Waals surface area contributed by atoms with E-state index in [1.807, 2.05) is 24.3 Å². The highest BCUT2D eigenvalue weighted by Crippen LogP contribution is 2.22. The summed E-state index contributed by atoms with van der Waals surface area (Å²) in [5.74, 6) is -4.81. The highest BCUT2D eigenvalue weighted by molar-refractivity contribution is 6.01. The molecule has 0 saturated heterocycles. The van der Waals surface area contributed by atoms with Gasteiger partial charge in [-0.3, -0.25) is 19.2 Å². The van der Waals surface area contributed by atoms with E-state index in [9.17, 15) is 19.2 Å². The third-order valence-electron chi connectivity index (χ3n) is 5.55. The van der Waals surface area contributed by atoms with Crippen LogP contribution in [-0.2, 0) is 51.0 Å². The molecule has 0 radical (unpaired) electrons. The first-order valence-electron chi connectivity index (χ1n) is 10.8. The first-order valence-corrected chi connectivity index (χ1v) is 10.8. The maximum Gasteiger partial charge on any atom is 0.324 e. The molecule has 0 aliphatic rings. The summed E-state index contributed by atoms with van der Waals surface area (Å²) in [6.07, 6.45) is 3.55. The summed E-state index contributed by atoms with van der Waals surface area (Å²) in [5, 5.41) is 0. The van der Waals surface area contributed by atoms with Crippen LogP contribution in [0, 0.1) is 0 Å². The van der Waals surface area contributed by atoms with E-state index in [-0.39, 0.29) is 0 Å². The van der Waals surface area contributed by atoms with Crippen molar-refractivity contribution in [2.45, 2.75) is 37.5 Å². The van der Waals surface area contributed by atoms with Crippen molar-refractivity contribution in [2.75, 3.05) is 28.4 Å². The third kappa shape index (κ3) is 6.91. The van der Waals surface area contributed by atoms with Crippen molar-refractivity contribution in [3.8, 4) is 0 Å². The standard InChI is InChI=1S/C26H30O8/c1-31-23(27)21(24(28)32-2)19-13-9-17(10-14-19)7-5-6-8-18-11-15-20(16-12-18)22(25(29)33-3)26(30)34-4/h9-16,21-22H,5-8H2,1-4H3. The van der Waals surface area contributed by atoms with Gasteiger partial charge in [0.15, 0.2) is 11.8 Å². The van der Waals surface area contributed by atoms with Gasteiger partial charge in [-0.2, -0.15) is 0 Å². The molecule has 0 N–H and O–H groups in total. The second-order valence-electron chi connectivity index (χ2n) is 7.65. The topological polar surface area (TPSA) is 105 Å². The van der Waals surface area contributed by atoms with Crippen molar-refractivity contribution < 1.29 is 38.1 Å². The maximum absolute atomic E-state index is 11.9. The van der Waals surface area contributed by atoms with Gasteiger partial charge in [-0.1, -0.05) is 48.5 Å². The molecule has 0 unspecified atom stereocenters. The zero-order valence-corrected chi connectivity index (χ0v) is 19.9. The highest BCUT2D eigenvalue weighted by Gasteiger charge is 2.31. The molecule has 8 nitrogen and oxygen atoms in total. The largest absolute Gasteiger partial charge is 0.468 e. The number of hydrogen-bond acceptors (Lipinski definition) is 8. The van der Waals surface area contributed by atoms with Gasteiger partial charge in [0.2, 0.25) is 0 Å². The van der Waals surface area contributed by atoms with Gasteiger partial charge in [0.05, 0.1) is 28.4 Å². The van der Waals surface area contributed by atoms with Gasteiger partial charge in [0.1, 0.15) is 0 Å². The Morgan fingerprint density at radius 2 is 0.794 bits per heavy atom. The molecule has 0 saturated carbocycles. The summed E-state index contributed by atoms with van der Waals surface area (Å²) in [6, 6.07) is 14.5. The Hall–Kier alpha value is -3.68. The van der Waals surface area contributed by atoms with Gasteiger partial charge in [-0.15, -0.1) is 0 Å². The van der Waals surface area contributed by atoms with E-state index in [1.54, 1.807) is 24.3 Å². The molecule has 182 valence electrons. The molecular weight excluding hydrogens is 440 g/mol. The Balaban J connectivity index is 1.91. The van der Waals surface area contributed by atoms with Crippen LogP contribution in [0.5, 0.6) is 0 Å². The van der Waals surface area contributed by atoms with Crippen LogP contribution in [0.2, 0.25) is 0 Å². The summed E-state index contributed by atoms with van der Waals surface area (Å²) in [7, 11) is 4.93. The van der Waals surface area contributed by atoms with Crippen molar-refractivity contribution in [3.05, 3.63) is 70.8 Å². The van der Waals surface area contributed by atoms with E-state index < -0.39 is 35.7 Å². The summed E-state index contributed by atoms with van der Waals surface area (Å²) in [4.78, 5) is 47.7. The fourth-order valence-electron chi connectivity index (χ4n) is 3.62. The smallest absolute Gasteiger partial charge is 0.324 e. The van der Waals surface area contributed by atoms with Crippen LogP contribution in [0.4, 0.5) is 0 Å². The average molecular weight is 471 g/mol. The minimum Gasteiger partial charge on any atom is -0.468 e. The van der Waals surface area contributed by atoms with E-state index in [0.29, 0.717) is 11.1 Å². The number of benzene rings is 2. The van der Waals surface area contributed by atoms with E-state index in [4.69, 9.17) is 18.9 Å². The number of ether oxygens (including phenoxy) is 4. The second-order valence-corrected chi connectivity index (χ2v) is 7.65. The van der Waals surface area contributed by atoms with Crippen LogP contribution >= 0.6 is 0 Å². The third-order valence-corrected chi connectivity index (χ3v) is 5.55. The SMILES string of the molecule is COC(=O)C(C(=O)OC)c1ccc(CCCCc2ccc(C(C(=O)OC)C(=O)OC)cc2)cc1. The Morgan fingerprint density at radius 3 is 1.03 bits per heavy atom. The molecule has 0 spiro atoms. The molecule has 0 aliphatic carbocycles. The maximum atomic E-state index is 11.9. The first-order chi connectivity index (χ1) is 16.4. The molecule has 2 aromatic carbocycles. The van der Waals surface area contributed by atoms with Crippen molar-refractivity contribution in [2.24, 2.45) is 0 Å². The van der Waals surface area contributed by atoms with Crippen LogP contribution in [-0.4, -0.2) is 52.3 Å². The Labute approximate surface area is 199 Å². The minimum atomic E-state index is -1.09. The number of methoxy groups -OCH3 is 4. The zero-order valence-electron chi connectivity index (χ0n) is 19.9. The molecule has 0 fully saturated rings. The molecule has 0 bridgehead atoms. The quantitative estimate of drug-likeness (QED) is 0.214. The lowest BCUT2D eigenvalue weighted by molar-refractivity contribution is -0.156. The number of esters is 4. The highest BCUT2D eigenvalue weighted by atomic mass is 16.5. The second kappa shape index (κ2) is 13.1. The molecule has 8 heteroatoms. The van der Waals surface area contributed by atoms with Crippen molar-refractivity contribution >= 4 is 23.9 Å². The normalized spacial score (nSPS) is 10.6. The molecule has 0 aromatic heterocycles. The van der Waals surface area contributed by atoms with Crippen LogP contribution < -0.4 is 0 Å². The Morgan fingerprint density at radius 1 is 0.529 bits per heavy atom. The lowest BCUT2D eigenvalue weighted by atomic mass is 9.95. The molecule has 2 aromatic rings. The Kier molecular flexibility index (Phi) is 10.3. The minimum absolute atomic E-state index is 0.528. The summed E-state index contributed by atoms with van der Waals surface area (Å²) >= 11 is 0. The summed E-state index contributed by atoms with van der Waals surface area (Å²) < 4.78 is 18.8. The first kappa shape index (κ1) is 26.6. The Bertz CT molecular complexity index is 865. The van der Waals surface area contributed by atoms with Gasteiger partial charge in [-0.05, 0) is 47.9 Å². The molecule has 34 heavy (non-hydrogen) atoms. The van der Waals surface area contributed by atoms with E-state index in [0.717, 1.165) is 36.8 Å². The van der Waals surface area contributed by atoms with Crippen molar-refractivity contribution in [3.63, 3.8) is 0 Å². The van der Waals surface area contributed by atoms with Crippen LogP contribution in [0.25, 0.3) is 0 Å². The number of hydrogen-bond donors (Lipinski definition) is 0. The van der Waals surface area contributed by atoms with Gasteiger partial charge >= 0.3 is 23.9 Å². The summed E-state index contributed by atoms with van der Waals surface area (Å²) in [6.45, 7) is 0. The fraction of sp³-hybridized carbons (Fsp3) is 0.385. The molecule has 2 rings (SSSR count). The van der Waals surface area contributed by atoms with Gasteiger partial charge in [0.25, 0.3) is 0 Å². The lowest BCUT2D eigenvalue weighted by Gasteiger charge is -2.13. The average Bonchev–Trinajstić information content (AvgIpc) is 2.87. The monoisotopic (exact) mass is 470 g/mol. The van der Waals surface area contributed by atoms with E-state index >= 15 is 0 Å². The van der Waals surface area contributed by atoms with Crippen LogP contribution in [0.15, 0.2) is 48.5 Å². The van der Waals surface area contributed by atoms with Crippen molar-refractivity contribution in [1.82, 2.24) is 0 Å². The zero-order chi connectivity index (χ0) is 25.1. The number of aryl methyl sites for hydroxylation is 2. The lowest BCUT2D eigenvalue weighted by Crippen LogP contribution is -2.24. The number of unbranched alkanes of at least 4 members (excludes halogenated alkanes) is 1. The van der Waals surface area contributed by atoms with Gasteiger partial charge in [0, 0.05) is 0 Å². The van der Waals surface area contributed by atoms with Crippen molar-refractivity contribution in [1.29, 1.82) is 0 Å². The van der Waals surface area contributed by atoms with Crippen LogP contribution in [0.1, 0.15) is 46.9 Å². The predicted octanol–water partition coefficient (Wildman–Crippen LogP) is 3.11. The van der Waals surface area contributed by atoms with Crippen LogP contribution in [0.3, 0.4) is 0 Å². The number of carbonyl (C=O) groups is 4. The summed E-state index contributed by atoms with van der Waals surface area (Å²) in [5.41, 5.74) is 3.23. The van der Waals surface area contributed by atoms with Gasteiger partial charge < -0.3 is 18.9 Å². The van der Waals surface area contributed by atoms with E-state index in [1.165, 1.54) is 28.4 Å². The molecule has 0 aliphatic heterocycles. The molecule has 0 amide bonds. The van der Waals surface area contributed by atoms with Gasteiger partial charge in [-0.25, -0.2) is 0 Å². The molecule has 0 heterocycles. The predicted molar refractivity (Wildman–Crippen MR) is 123 cm³/mol. The molecule has 0 atom stereocenters. The number of carbonyl (C=O) groups excluding carboxylic acids is 4. The number of rotatable bonds is 11.